The molecule has 0 fully saturated rings. The smallest absolute Gasteiger partial charge is 0.350 e. The summed E-state index contributed by atoms with van der Waals surface area (Å²) in [7, 11) is 0. The number of furan rings is 1. The van der Waals surface area contributed by atoms with E-state index in [-0.39, 0.29) is 12.0 Å². The molecule has 4 rings (SSSR count). The van der Waals surface area contributed by atoms with E-state index in [0.717, 1.165) is 22.8 Å². The van der Waals surface area contributed by atoms with Crippen LogP contribution in [0.3, 0.4) is 0 Å². The Morgan fingerprint density at radius 1 is 1.42 bits per heavy atom. The van der Waals surface area contributed by atoms with Crippen LogP contribution in [0.15, 0.2) is 45.4 Å². The highest BCUT2D eigenvalue weighted by Gasteiger charge is 2.34. The van der Waals surface area contributed by atoms with Crippen LogP contribution in [0.4, 0.5) is 5.13 Å². The quantitative estimate of drug-likeness (QED) is 0.597. The number of hydrogen-bond donors (Lipinski definition) is 0. The Morgan fingerprint density at radius 2 is 2.31 bits per heavy atom. The molecular weight excluding hydrogens is 370 g/mol. The molecular formula is C18H17N3O3S2. The van der Waals surface area contributed by atoms with Gasteiger partial charge in [-0.1, -0.05) is 17.4 Å². The van der Waals surface area contributed by atoms with Crippen LogP contribution in [0, 0.1) is 6.92 Å². The van der Waals surface area contributed by atoms with Crippen molar-refractivity contribution < 1.29 is 13.9 Å². The van der Waals surface area contributed by atoms with Crippen molar-refractivity contribution in [2.75, 3.05) is 11.6 Å². The van der Waals surface area contributed by atoms with Gasteiger partial charge < -0.3 is 9.15 Å². The number of aromatic nitrogens is 1. The molecule has 3 aromatic rings. The van der Waals surface area contributed by atoms with Crippen LogP contribution in [-0.2, 0) is 4.74 Å². The number of thiophene rings is 1. The fourth-order valence-electron chi connectivity index (χ4n) is 2.85. The minimum absolute atomic E-state index is 0.0808. The highest BCUT2D eigenvalue weighted by molar-refractivity contribution is 7.17. The number of ether oxygens (including phenoxy) is 1. The third-order valence-corrected chi connectivity index (χ3v) is 6.08. The minimum Gasteiger partial charge on any atom is -0.467 e. The molecule has 0 aliphatic carbocycles. The van der Waals surface area contributed by atoms with E-state index in [1.54, 1.807) is 24.5 Å². The Balaban J connectivity index is 1.71. The Labute approximate surface area is 158 Å². The van der Waals surface area contributed by atoms with Gasteiger partial charge in [0.15, 0.2) is 0 Å². The predicted molar refractivity (Wildman–Crippen MR) is 102 cm³/mol. The van der Waals surface area contributed by atoms with Crippen molar-refractivity contribution in [3.05, 3.63) is 57.1 Å². The topological polar surface area (TPSA) is 67.9 Å². The van der Waals surface area contributed by atoms with E-state index in [4.69, 9.17) is 14.3 Å². The largest absolute Gasteiger partial charge is 0.467 e. The van der Waals surface area contributed by atoms with Crippen molar-refractivity contribution >= 4 is 39.5 Å². The first-order valence-corrected chi connectivity index (χ1v) is 9.95. The van der Waals surface area contributed by atoms with Crippen molar-refractivity contribution in [1.82, 2.24) is 4.98 Å². The third-order valence-electron chi connectivity index (χ3n) is 4.03. The summed E-state index contributed by atoms with van der Waals surface area (Å²) in [6.07, 6.45) is 2.38. The molecule has 0 radical (unpaired) electrons. The maximum Gasteiger partial charge on any atom is 0.350 e. The zero-order chi connectivity index (χ0) is 18.1. The van der Waals surface area contributed by atoms with E-state index in [1.807, 2.05) is 35.5 Å². The number of anilines is 1. The summed E-state index contributed by atoms with van der Waals surface area (Å²) in [5, 5.41) is 9.35. The average Bonchev–Trinajstić information content (AvgIpc) is 3.39. The van der Waals surface area contributed by atoms with Crippen molar-refractivity contribution in [2.24, 2.45) is 5.10 Å². The van der Waals surface area contributed by atoms with E-state index in [0.29, 0.717) is 22.3 Å². The lowest BCUT2D eigenvalue weighted by molar-refractivity contribution is 0.0531. The molecule has 26 heavy (non-hydrogen) atoms. The van der Waals surface area contributed by atoms with Gasteiger partial charge in [0.05, 0.1) is 29.2 Å². The van der Waals surface area contributed by atoms with Crippen molar-refractivity contribution in [3.8, 4) is 0 Å². The van der Waals surface area contributed by atoms with Gasteiger partial charge >= 0.3 is 5.97 Å². The van der Waals surface area contributed by atoms with Gasteiger partial charge in [-0.25, -0.2) is 14.8 Å². The van der Waals surface area contributed by atoms with Gasteiger partial charge in [0.1, 0.15) is 16.7 Å². The number of hydrogen-bond acceptors (Lipinski definition) is 8. The van der Waals surface area contributed by atoms with Crippen LogP contribution >= 0.6 is 22.7 Å². The molecule has 1 atom stereocenters. The van der Waals surface area contributed by atoms with Gasteiger partial charge in [0.25, 0.3) is 0 Å². The molecule has 0 amide bonds. The molecule has 0 aromatic carbocycles. The average molecular weight is 387 g/mol. The summed E-state index contributed by atoms with van der Waals surface area (Å²) < 4.78 is 10.8. The highest BCUT2D eigenvalue weighted by atomic mass is 32.1. The first-order valence-electron chi connectivity index (χ1n) is 8.26. The molecule has 6 nitrogen and oxygen atoms in total. The first kappa shape index (κ1) is 17.0. The van der Waals surface area contributed by atoms with E-state index >= 15 is 0 Å². The Hall–Kier alpha value is -2.45. The number of nitrogens with zero attached hydrogens (tertiary/aromatic N) is 3. The number of thiazole rings is 1. The molecule has 134 valence electrons. The van der Waals surface area contributed by atoms with Gasteiger partial charge in [0, 0.05) is 6.42 Å². The fourth-order valence-corrected chi connectivity index (χ4v) is 4.53. The molecule has 0 saturated carbocycles. The molecule has 0 saturated heterocycles. The van der Waals surface area contributed by atoms with E-state index in [9.17, 15) is 4.79 Å². The Bertz CT molecular complexity index is 929. The molecule has 1 aliphatic heterocycles. The van der Waals surface area contributed by atoms with Crippen molar-refractivity contribution in [3.63, 3.8) is 0 Å². The van der Waals surface area contributed by atoms with Gasteiger partial charge in [-0.15, -0.1) is 11.3 Å². The fraction of sp³-hybridized carbons (Fsp3) is 0.278. The van der Waals surface area contributed by atoms with Gasteiger partial charge in [0.2, 0.25) is 5.13 Å². The Kier molecular flexibility index (Phi) is 4.60. The predicted octanol–water partition coefficient (Wildman–Crippen LogP) is 4.64. The second-order valence-electron chi connectivity index (χ2n) is 5.74. The van der Waals surface area contributed by atoms with Crippen LogP contribution in [0.1, 0.15) is 45.4 Å². The van der Waals surface area contributed by atoms with Crippen molar-refractivity contribution in [1.29, 1.82) is 0 Å². The zero-order valence-electron chi connectivity index (χ0n) is 14.3. The summed E-state index contributed by atoms with van der Waals surface area (Å²) in [4.78, 5) is 18.3. The summed E-state index contributed by atoms with van der Waals surface area (Å²) >= 11 is 2.96. The summed E-state index contributed by atoms with van der Waals surface area (Å²) in [5.41, 5.74) is 1.65. The Morgan fingerprint density at radius 3 is 3.00 bits per heavy atom. The normalized spacial score (nSPS) is 16.8. The number of carbonyl (C=O) groups excluding carboxylic acids is 1. The molecule has 0 N–H and O–H groups in total. The second kappa shape index (κ2) is 7.05. The molecule has 0 bridgehead atoms. The third kappa shape index (κ3) is 3.06. The lowest BCUT2D eigenvalue weighted by Crippen LogP contribution is -2.17. The molecule has 1 aliphatic rings. The summed E-state index contributed by atoms with van der Waals surface area (Å²) in [5.74, 6) is 0.482. The number of carbonyl (C=O) groups is 1. The van der Waals surface area contributed by atoms with E-state index < -0.39 is 0 Å². The summed E-state index contributed by atoms with van der Waals surface area (Å²) in [6, 6.07) is 7.80. The van der Waals surface area contributed by atoms with Gasteiger partial charge in [-0.05, 0) is 37.4 Å². The lowest BCUT2D eigenvalue weighted by Gasteiger charge is -2.18. The second-order valence-corrected chi connectivity index (χ2v) is 7.66. The van der Waals surface area contributed by atoms with Gasteiger partial charge in [-0.2, -0.15) is 5.10 Å². The van der Waals surface area contributed by atoms with E-state index in [1.165, 1.54) is 11.3 Å². The first-order chi connectivity index (χ1) is 12.7. The summed E-state index contributed by atoms with van der Waals surface area (Å²) in [6.45, 7) is 3.94. The number of esters is 1. The SMILES string of the molecule is CCOC(=O)c1sc(N2N=C(c3cccs3)C[C@@H]2c2ccco2)nc1C. The van der Waals surface area contributed by atoms with Crippen molar-refractivity contribution in [2.45, 2.75) is 26.3 Å². The van der Waals surface area contributed by atoms with Crippen LogP contribution < -0.4 is 5.01 Å². The number of hydrazone groups is 1. The lowest BCUT2D eigenvalue weighted by atomic mass is 10.1. The number of aryl methyl sites for hydroxylation is 1. The highest BCUT2D eigenvalue weighted by Crippen LogP contribution is 2.40. The molecule has 8 heteroatoms. The van der Waals surface area contributed by atoms with Crippen LogP contribution in [-0.4, -0.2) is 23.3 Å². The van der Waals surface area contributed by atoms with Gasteiger partial charge in [-0.3, -0.25) is 0 Å². The molecule has 4 heterocycles. The number of rotatable bonds is 5. The zero-order valence-corrected chi connectivity index (χ0v) is 16.0. The minimum atomic E-state index is -0.343. The maximum absolute atomic E-state index is 12.1. The van der Waals surface area contributed by atoms with Crippen LogP contribution in [0.25, 0.3) is 0 Å². The molecule has 3 aromatic heterocycles. The monoisotopic (exact) mass is 387 g/mol. The van der Waals surface area contributed by atoms with E-state index in [2.05, 4.69) is 11.1 Å². The maximum atomic E-state index is 12.1. The van der Waals surface area contributed by atoms with Crippen LogP contribution in [0.5, 0.6) is 0 Å². The molecule has 0 unspecified atom stereocenters. The molecule has 0 spiro atoms. The van der Waals surface area contributed by atoms with Crippen LogP contribution in [0.2, 0.25) is 0 Å². The standard InChI is InChI=1S/C18H17N3O3S2/c1-3-23-17(22)16-11(2)19-18(26-16)21-13(14-6-4-8-24-14)10-12(20-21)15-7-5-9-25-15/h4-9,13H,3,10H2,1-2H3/t13-/m1/s1.